The van der Waals surface area contributed by atoms with Crippen LogP contribution in [0.5, 0.6) is 0 Å². The quantitative estimate of drug-likeness (QED) is 0.587. The summed E-state index contributed by atoms with van der Waals surface area (Å²) in [6.07, 6.45) is 3.66. The standard InChI is InChI=1S/C25H24BrN3O2/c26-18-9-7-16(8-10-18)23-15-21(20-3-1-2-4-22(20)28-23)24(30)27-19-11-13-29(14-12-19)25(31)17-5-6-17/h1-4,7-10,15,17,19H,5-6,11-14H2,(H,27,30). The van der Waals surface area contributed by atoms with Gasteiger partial charge in [-0.25, -0.2) is 4.98 Å². The lowest BCUT2D eigenvalue weighted by Gasteiger charge is -2.32. The zero-order chi connectivity index (χ0) is 21.4. The molecule has 2 aromatic carbocycles. The Balaban J connectivity index is 1.36. The molecule has 5 rings (SSSR count). The Morgan fingerprint density at radius 2 is 1.68 bits per heavy atom. The van der Waals surface area contributed by atoms with Gasteiger partial charge in [0.15, 0.2) is 0 Å². The van der Waals surface area contributed by atoms with E-state index in [9.17, 15) is 9.59 Å². The molecule has 6 heteroatoms. The summed E-state index contributed by atoms with van der Waals surface area (Å²) in [6.45, 7) is 1.45. The van der Waals surface area contributed by atoms with Crippen LogP contribution < -0.4 is 5.32 Å². The van der Waals surface area contributed by atoms with Crippen molar-refractivity contribution in [1.29, 1.82) is 0 Å². The third-order valence-corrected chi connectivity index (χ3v) is 6.70. The normalized spacial score (nSPS) is 17.0. The summed E-state index contributed by atoms with van der Waals surface area (Å²) >= 11 is 3.47. The van der Waals surface area contributed by atoms with Crippen LogP contribution >= 0.6 is 15.9 Å². The first-order valence-corrected chi connectivity index (χ1v) is 11.6. The minimum Gasteiger partial charge on any atom is -0.349 e. The van der Waals surface area contributed by atoms with Gasteiger partial charge in [-0.2, -0.15) is 0 Å². The molecule has 158 valence electrons. The molecule has 3 aromatic rings. The van der Waals surface area contributed by atoms with Gasteiger partial charge in [0.1, 0.15) is 0 Å². The average molecular weight is 478 g/mol. The van der Waals surface area contributed by atoms with Gasteiger partial charge in [-0.05, 0) is 49.9 Å². The first-order valence-electron chi connectivity index (χ1n) is 10.8. The van der Waals surface area contributed by atoms with E-state index in [1.807, 2.05) is 59.5 Å². The fourth-order valence-electron chi connectivity index (χ4n) is 4.23. The SMILES string of the molecule is O=C(NC1CCN(C(=O)C2CC2)CC1)c1cc(-c2ccc(Br)cc2)nc2ccccc12. The van der Waals surface area contributed by atoms with Crippen molar-refractivity contribution in [3.05, 3.63) is 64.6 Å². The molecule has 1 aliphatic carbocycles. The van der Waals surface area contributed by atoms with Crippen molar-refractivity contribution in [3.63, 3.8) is 0 Å². The summed E-state index contributed by atoms with van der Waals surface area (Å²) in [5.74, 6) is 0.472. The Labute approximate surface area is 190 Å². The molecule has 5 nitrogen and oxygen atoms in total. The van der Waals surface area contributed by atoms with E-state index in [-0.39, 0.29) is 17.9 Å². The molecular weight excluding hydrogens is 454 g/mol. The number of carbonyl (C=O) groups is 2. The lowest BCUT2D eigenvalue weighted by atomic mass is 10.0. The number of fused-ring (bicyclic) bond motifs is 1. The van der Waals surface area contributed by atoms with Crippen molar-refractivity contribution in [3.8, 4) is 11.3 Å². The van der Waals surface area contributed by atoms with E-state index < -0.39 is 0 Å². The number of piperidine rings is 1. The summed E-state index contributed by atoms with van der Waals surface area (Å²) in [4.78, 5) is 32.3. The maximum atomic E-state index is 13.3. The highest BCUT2D eigenvalue weighted by atomic mass is 79.9. The van der Waals surface area contributed by atoms with Gasteiger partial charge in [-0.15, -0.1) is 0 Å². The number of rotatable bonds is 4. The van der Waals surface area contributed by atoms with Crippen molar-refractivity contribution < 1.29 is 9.59 Å². The van der Waals surface area contributed by atoms with E-state index in [0.717, 1.165) is 65.4 Å². The molecule has 1 aliphatic heterocycles. The number of nitrogens with zero attached hydrogens (tertiary/aromatic N) is 2. The third-order valence-electron chi connectivity index (χ3n) is 6.17. The van der Waals surface area contributed by atoms with Gasteiger partial charge < -0.3 is 10.2 Å². The van der Waals surface area contributed by atoms with Gasteiger partial charge in [0.05, 0.1) is 16.8 Å². The van der Waals surface area contributed by atoms with Crippen molar-refractivity contribution >= 4 is 38.6 Å². The summed E-state index contributed by atoms with van der Waals surface area (Å²) < 4.78 is 1.00. The number of amides is 2. The van der Waals surface area contributed by atoms with Crippen LogP contribution in [0.2, 0.25) is 0 Å². The molecule has 0 bridgehead atoms. The van der Waals surface area contributed by atoms with Crippen LogP contribution in [0.3, 0.4) is 0 Å². The molecule has 1 saturated carbocycles. The Kier molecular flexibility index (Phi) is 5.48. The van der Waals surface area contributed by atoms with Gasteiger partial charge in [0.2, 0.25) is 5.91 Å². The predicted octanol–water partition coefficient (Wildman–Crippen LogP) is 4.80. The average Bonchev–Trinajstić information content (AvgIpc) is 3.64. The third kappa shape index (κ3) is 4.35. The molecule has 0 radical (unpaired) electrons. The van der Waals surface area contributed by atoms with E-state index in [1.165, 1.54) is 0 Å². The highest BCUT2D eigenvalue weighted by Gasteiger charge is 2.35. The Morgan fingerprint density at radius 3 is 2.39 bits per heavy atom. The zero-order valence-electron chi connectivity index (χ0n) is 17.2. The number of hydrogen-bond acceptors (Lipinski definition) is 3. The van der Waals surface area contributed by atoms with Gasteiger partial charge in [-0.3, -0.25) is 9.59 Å². The number of aromatic nitrogens is 1. The molecule has 31 heavy (non-hydrogen) atoms. The lowest BCUT2D eigenvalue weighted by Crippen LogP contribution is -2.47. The molecule has 2 amide bonds. The van der Waals surface area contributed by atoms with Gasteiger partial charge >= 0.3 is 0 Å². The fourth-order valence-corrected chi connectivity index (χ4v) is 4.49. The largest absolute Gasteiger partial charge is 0.349 e. The maximum Gasteiger partial charge on any atom is 0.252 e. The van der Waals surface area contributed by atoms with Crippen molar-refractivity contribution in [1.82, 2.24) is 15.2 Å². The molecule has 0 atom stereocenters. The predicted molar refractivity (Wildman–Crippen MR) is 125 cm³/mol. The fraction of sp³-hybridized carbons (Fsp3) is 0.320. The van der Waals surface area contributed by atoms with E-state index in [0.29, 0.717) is 11.5 Å². The second-order valence-corrected chi connectivity index (χ2v) is 9.34. The lowest BCUT2D eigenvalue weighted by molar-refractivity contribution is -0.133. The number of nitrogens with one attached hydrogen (secondary N) is 1. The van der Waals surface area contributed by atoms with Crippen LogP contribution in [-0.4, -0.2) is 40.8 Å². The number of benzene rings is 2. The van der Waals surface area contributed by atoms with Gasteiger partial charge in [-0.1, -0.05) is 46.3 Å². The van der Waals surface area contributed by atoms with Crippen LogP contribution in [0, 0.1) is 5.92 Å². The van der Waals surface area contributed by atoms with Crippen LogP contribution in [0.1, 0.15) is 36.0 Å². The van der Waals surface area contributed by atoms with Crippen molar-refractivity contribution in [2.24, 2.45) is 5.92 Å². The molecule has 1 aromatic heterocycles. The van der Waals surface area contributed by atoms with Gasteiger partial charge in [0.25, 0.3) is 5.91 Å². The van der Waals surface area contributed by atoms with Crippen LogP contribution in [0.25, 0.3) is 22.2 Å². The van der Waals surface area contributed by atoms with Crippen molar-refractivity contribution in [2.45, 2.75) is 31.7 Å². The molecule has 0 spiro atoms. The Hall–Kier alpha value is -2.73. The monoisotopic (exact) mass is 477 g/mol. The molecular formula is C25H24BrN3O2. The van der Waals surface area contributed by atoms with Gasteiger partial charge in [0, 0.05) is 40.5 Å². The molecule has 0 unspecified atom stereocenters. The number of pyridine rings is 1. The van der Waals surface area contributed by atoms with E-state index in [1.54, 1.807) is 0 Å². The number of halogens is 1. The van der Waals surface area contributed by atoms with E-state index >= 15 is 0 Å². The zero-order valence-corrected chi connectivity index (χ0v) is 18.8. The first-order chi connectivity index (χ1) is 15.1. The number of hydrogen-bond donors (Lipinski definition) is 1. The number of carbonyl (C=O) groups excluding carboxylic acids is 2. The topological polar surface area (TPSA) is 62.3 Å². The highest BCUT2D eigenvalue weighted by molar-refractivity contribution is 9.10. The molecule has 2 aliphatic rings. The maximum absolute atomic E-state index is 13.3. The Morgan fingerprint density at radius 1 is 0.968 bits per heavy atom. The molecule has 1 saturated heterocycles. The summed E-state index contributed by atoms with van der Waals surface area (Å²) in [5, 5.41) is 4.06. The van der Waals surface area contributed by atoms with Crippen LogP contribution in [0.15, 0.2) is 59.1 Å². The number of para-hydroxylation sites is 1. The summed E-state index contributed by atoms with van der Waals surface area (Å²) in [5.41, 5.74) is 3.19. The second kappa shape index (κ2) is 8.42. The Bertz CT molecular complexity index is 1130. The minimum atomic E-state index is -0.0797. The highest BCUT2D eigenvalue weighted by Crippen LogP contribution is 2.32. The van der Waals surface area contributed by atoms with Crippen molar-refractivity contribution in [2.75, 3.05) is 13.1 Å². The summed E-state index contributed by atoms with van der Waals surface area (Å²) in [6, 6.07) is 17.7. The van der Waals surface area contributed by atoms with E-state index in [2.05, 4.69) is 21.2 Å². The number of likely N-dealkylation sites (tertiary alicyclic amines) is 1. The first kappa shape index (κ1) is 20.2. The van der Waals surface area contributed by atoms with Crippen LogP contribution in [-0.2, 0) is 4.79 Å². The smallest absolute Gasteiger partial charge is 0.252 e. The molecule has 2 fully saturated rings. The molecule has 1 N–H and O–H groups in total. The molecule has 2 heterocycles. The van der Waals surface area contributed by atoms with E-state index in [4.69, 9.17) is 4.98 Å². The summed E-state index contributed by atoms with van der Waals surface area (Å²) in [7, 11) is 0. The van der Waals surface area contributed by atoms with Crippen LogP contribution in [0.4, 0.5) is 0 Å². The minimum absolute atomic E-state index is 0.0797. The second-order valence-electron chi connectivity index (χ2n) is 8.43.